The Morgan fingerprint density at radius 2 is 1.28 bits per heavy atom. The number of hydrogen-bond acceptors (Lipinski definition) is 1. The molecule has 0 radical (unpaired) electrons. The lowest BCUT2D eigenvalue weighted by Crippen LogP contribution is -2.01. The normalized spacial score (nSPS) is 14.0. The maximum atomic E-state index is 12.1. The fourth-order valence-electron chi connectivity index (χ4n) is 1.60. The lowest BCUT2D eigenvalue weighted by atomic mass is 10.4. The molecule has 94 valence electrons. The predicted octanol–water partition coefficient (Wildman–Crippen LogP) is 3.55. The first-order valence-corrected chi connectivity index (χ1v) is 8.64. The highest BCUT2D eigenvalue weighted by Gasteiger charge is 2.04. The van der Waals surface area contributed by atoms with Crippen molar-refractivity contribution in [2.24, 2.45) is 0 Å². The van der Waals surface area contributed by atoms with Gasteiger partial charge < -0.3 is 0 Å². The summed E-state index contributed by atoms with van der Waals surface area (Å²) in [7, 11) is -0.982. The van der Waals surface area contributed by atoms with Crippen LogP contribution >= 0.6 is 10.5 Å². The summed E-state index contributed by atoms with van der Waals surface area (Å²) in [6, 6.07) is 19.8. The van der Waals surface area contributed by atoms with Gasteiger partial charge in [0.1, 0.15) is 0 Å². The van der Waals surface area contributed by atoms with E-state index in [1.807, 2.05) is 48.5 Å². The largest absolute Gasteiger partial charge is 0.254 e. The first-order chi connectivity index (χ1) is 8.77. The molecule has 0 saturated heterocycles. The van der Waals surface area contributed by atoms with Crippen LogP contribution in [0.4, 0.5) is 0 Å². The van der Waals surface area contributed by atoms with Crippen molar-refractivity contribution in [3.05, 3.63) is 60.7 Å². The monoisotopic (exact) mass is 276 g/mol. The van der Waals surface area contributed by atoms with Gasteiger partial charge in [-0.25, -0.2) is 0 Å². The van der Waals surface area contributed by atoms with Crippen LogP contribution < -0.4 is 0 Å². The molecule has 0 N–H and O–H groups in total. The van der Waals surface area contributed by atoms with Gasteiger partial charge in [0.25, 0.3) is 0 Å². The third-order valence-electron chi connectivity index (χ3n) is 2.60. The zero-order valence-corrected chi connectivity index (χ0v) is 11.8. The SMILES string of the molecule is C=S(CCS(=O)c1ccccc1)c1ccccc1. The molecule has 1 nitrogen and oxygen atoms in total. The van der Waals surface area contributed by atoms with E-state index in [0.717, 1.165) is 10.6 Å². The van der Waals surface area contributed by atoms with Crippen molar-refractivity contribution in [3.63, 3.8) is 0 Å². The Morgan fingerprint density at radius 3 is 1.83 bits per heavy atom. The van der Waals surface area contributed by atoms with Gasteiger partial charge in [0.2, 0.25) is 0 Å². The van der Waals surface area contributed by atoms with Crippen LogP contribution in [-0.2, 0) is 10.8 Å². The Balaban J connectivity index is 1.93. The Labute approximate surface area is 113 Å². The van der Waals surface area contributed by atoms with Gasteiger partial charge >= 0.3 is 0 Å². The van der Waals surface area contributed by atoms with Gasteiger partial charge in [-0.2, -0.15) is 10.5 Å². The molecular formula is C15H16OS2. The molecule has 3 heteroatoms. The Bertz CT molecular complexity index is 483. The summed E-state index contributed by atoms with van der Waals surface area (Å²) in [5, 5.41) is 0. The second-order valence-corrected chi connectivity index (χ2v) is 7.31. The first kappa shape index (κ1) is 13.2. The molecule has 0 aromatic heterocycles. The molecule has 2 unspecified atom stereocenters. The highest BCUT2D eigenvalue weighted by Crippen LogP contribution is 2.24. The van der Waals surface area contributed by atoms with Gasteiger partial charge in [-0.3, -0.25) is 4.21 Å². The van der Waals surface area contributed by atoms with E-state index in [-0.39, 0.29) is 10.5 Å². The third kappa shape index (κ3) is 3.65. The van der Waals surface area contributed by atoms with E-state index in [2.05, 4.69) is 18.0 Å². The van der Waals surface area contributed by atoms with Crippen molar-refractivity contribution in [2.75, 3.05) is 11.5 Å². The van der Waals surface area contributed by atoms with Crippen LogP contribution in [0.2, 0.25) is 0 Å². The van der Waals surface area contributed by atoms with Crippen molar-refractivity contribution >= 4 is 27.2 Å². The molecule has 0 aliphatic heterocycles. The maximum Gasteiger partial charge on any atom is 0.0537 e. The second kappa shape index (κ2) is 6.66. The van der Waals surface area contributed by atoms with E-state index in [4.69, 9.17) is 0 Å². The van der Waals surface area contributed by atoms with Crippen LogP contribution in [0, 0.1) is 0 Å². The third-order valence-corrected chi connectivity index (χ3v) is 5.86. The van der Waals surface area contributed by atoms with Crippen molar-refractivity contribution < 1.29 is 4.21 Å². The van der Waals surface area contributed by atoms with Crippen LogP contribution in [0.15, 0.2) is 70.5 Å². The average Bonchev–Trinajstić information content (AvgIpc) is 2.46. The summed E-state index contributed by atoms with van der Waals surface area (Å²) in [4.78, 5) is 2.14. The molecule has 0 heterocycles. The van der Waals surface area contributed by atoms with Crippen LogP contribution in [-0.4, -0.2) is 21.6 Å². The molecule has 18 heavy (non-hydrogen) atoms. The van der Waals surface area contributed by atoms with Crippen molar-refractivity contribution in [1.29, 1.82) is 0 Å². The summed E-state index contributed by atoms with van der Waals surface area (Å²) in [5.74, 6) is 5.71. The van der Waals surface area contributed by atoms with E-state index < -0.39 is 10.8 Å². The Kier molecular flexibility index (Phi) is 4.90. The molecule has 0 spiro atoms. The van der Waals surface area contributed by atoms with Crippen LogP contribution in [0.25, 0.3) is 0 Å². The minimum Gasteiger partial charge on any atom is -0.254 e. The van der Waals surface area contributed by atoms with Crippen LogP contribution in [0.3, 0.4) is 0 Å². The van der Waals surface area contributed by atoms with Gasteiger partial charge in [-0.15, -0.1) is 0 Å². The van der Waals surface area contributed by atoms with E-state index in [0.29, 0.717) is 5.75 Å². The predicted molar refractivity (Wildman–Crippen MR) is 82.0 cm³/mol. The first-order valence-electron chi connectivity index (χ1n) is 5.76. The van der Waals surface area contributed by atoms with Gasteiger partial charge in [-0.05, 0) is 24.3 Å². The van der Waals surface area contributed by atoms with Gasteiger partial charge in [-0.1, -0.05) is 42.3 Å². The maximum absolute atomic E-state index is 12.1. The smallest absolute Gasteiger partial charge is 0.0537 e. The Morgan fingerprint density at radius 1 is 0.778 bits per heavy atom. The molecule has 0 fully saturated rings. The summed E-state index contributed by atoms with van der Waals surface area (Å²) < 4.78 is 12.1. The standard InChI is InChI=1S/C15H16OS2/c1-17(14-8-4-2-5-9-14)12-13-18(16)15-10-6-3-7-11-15/h2-11H,1,12-13H2. The topological polar surface area (TPSA) is 17.1 Å². The van der Waals surface area contributed by atoms with Gasteiger partial charge in [0.15, 0.2) is 0 Å². The molecule has 2 rings (SSSR count). The summed E-state index contributed by atoms with van der Waals surface area (Å²) in [5.41, 5.74) is 0. The van der Waals surface area contributed by atoms with Crippen molar-refractivity contribution in [2.45, 2.75) is 9.79 Å². The van der Waals surface area contributed by atoms with E-state index in [9.17, 15) is 4.21 Å². The molecule has 0 saturated carbocycles. The number of benzene rings is 2. The number of rotatable bonds is 5. The fraction of sp³-hybridized carbons (Fsp3) is 0.133. The molecule has 0 amide bonds. The van der Waals surface area contributed by atoms with Gasteiger partial charge in [0, 0.05) is 21.3 Å². The lowest BCUT2D eigenvalue weighted by molar-refractivity contribution is 0.684. The summed E-state index contributed by atoms with van der Waals surface area (Å²) >= 11 is 0. The Hall–Kier alpha value is -1.19. The zero-order valence-electron chi connectivity index (χ0n) is 10.1. The van der Waals surface area contributed by atoms with E-state index in [1.54, 1.807) is 0 Å². The zero-order chi connectivity index (χ0) is 12.8. The lowest BCUT2D eigenvalue weighted by Gasteiger charge is -2.07. The van der Waals surface area contributed by atoms with E-state index in [1.165, 1.54) is 4.90 Å². The minimum absolute atomic E-state index is 0.0708. The highest BCUT2D eigenvalue weighted by molar-refractivity contribution is 8.14. The fourth-order valence-corrected chi connectivity index (χ4v) is 4.48. The van der Waals surface area contributed by atoms with Crippen molar-refractivity contribution in [3.8, 4) is 0 Å². The second-order valence-electron chi connectivity index (χ2n) is 3.87. The van der Waals surface area contributed by atoms with Gasteiger partial charge in [0.05, 0.1) is 10.8 Å². The van der Waals surface area contributed by atoms with Crippen LogP contribution in [0.1, 0.15) is 0 Å². The molecule has 2 aromatic rings. The molecule has 0 aliphatic carbocycles. The molecule has 2 aromatic carbocycles. The molecule has 0 aliphatic rings. The summed E-state index contributed by atoms with van der Waals surface area (Å²) in [6.07, 6.45) is 0. The molecule has 0 bridgehead atoms. The minimum atomic E-state index is -0.911. The average molecular weight is 276 g/mol. The van der Waals surface area contributed by atoms with Crippen molar-refractivity contribution in [1.82, 2.24) is 0 Å². The molecule has 2 atom stereocenters. The highest BCUT2D eigenvalue weighted by atomic mass is 32.2. The quantitative estimate of drug-likeness (QED) is 0.763. The van der Waals surface area contributed by atoms with E-state index >= 15 is 0 Å². The number of hydrogen-bond donors (Lipinski definition) is 0. The summed E-state index contributed by atoms with van der Waals surface area (Å²) in [6.45, 7) is 0. The molecular weight excluding hydrogens is 260 g/mol. The van der Waals surface area contributed by atoms with Crippen LogP contribution in [0.5, 0.6) is 0 Å².